The van der Waals surface area contributed by atoms with Crippen molar-refractivity contribution in [2.75, 3.05) is 13.1 Å². The van der Waals surface area contributed by atoms with Crippen LogP contribution in [0.25, 0.3) is 0 Å². The van der Waals surface area contributed by atoms with Crippen molar-refractivity contribution in [3.8, 4) is 0 Å². The molecule has 0 unspecified atom stereocenters. The molecule has 1 aromatic rings. The molecule has 0 aromatic carbocycles. The van der Waals surface area contributed by atoms with E-state index in [-0.39, 0.29) is 5.41 Å². The van der Waals surface area contributed by atoms with Crippen LogP contribution in [0.3, 0.4) is 0 Å². The van der Waals surface area contributed by atoms with E-state index >= 15 is 0 Å². The first-order chi connectivity index (χ1) is 8.66. The largest absolute Gasteiger partial charge is 0.317 e. The number of hydrogen-bond acceptors (Lipinski definition) is 3. The van der Waals surface area contributed by atoms with Gasteiger partial charge in [-0.3, -0.25) is 9.78 Å². The molecule has 0 bridgehead atoms. The van der Waals surface area contributed by atoms with Gasteiger partial charge < -0.3 is 5.32 Å². The van der Waals surface area contributed by atoms with E-state index in [0.29, 0.717) is 12.2 Å². The van der Waals surface area contributed by atoms with Crippen molar-refractivity contribution in [1.82, 2.24) is 10.3 Å². The minimum Gasteiger partial charge on any atom is -0.317 e. The van der Waals surface area contributed by atoms with E-state index in [1.54, 1.807) is 12.4 Å². The summed E-state index contributed by atoms with van der Waals surface area (Å²) in [6.07, 6.45) is 6.89. The molecule has 1 N–H and O–H groups in total. The topological polar surface area (TPSA) is 42.0 Å². The number of rotatable bonds is 4. The maximum absolute atomic E-state index is 12.6. The Morgan fingerprint density at radius 2 is 2.17 bits per heavy atom. The summed E-state index contributed by atoms with van der Waals surface area (Å²) in [6.45, 7) is 4.04. The van der Waals surface area contributed by atoms with E-state index in [1.807, 2.05) is 6.07 Å². The van der Waals surface area contributed by atoms with Gasteiger partial charge in [-0.25, -0.2) is 0 Å². The standard InChI is InChI=1S/C14H19BrN2O/c1-2-14(3-5-16-6-4-14)13(18)8-11-7-12(15)10-17-9-11/h7,9-10,16H,2-6,8H2,1H3. The molecule has 1 aliphatic rings. The van der Waals surface area contributed by atoms with E-state index in [2.05, 4.69) is 33.2 Å². The van der Waals surface area contributed by atoms with E-state index in [0.717, 1.165) is 42.4 Å². The lowest BCUT2D eigenvalue weighted by atomic mass is 9.72. The molecule has 1 aromatic heterocycles. The van der Waals surface area contributed by atoms with Gasteiger partial charge in [-0.2, -0.15) is 0 Å². The monoisotopic (exact) mass is 310 g/mol. The smallest absolute Gasteiger partial charge is 0.143 e. The molecule has 0 atom stereocenters. The minimum atomic E-state index is -0.117. The van der Waals surface area contributed by atoms with Crippen molar-refractivity contribution < 1.29 is 4.79 Å². The summed E-state index contributed by atoms with van der Waals surface area (Å²) in [5.74, 6) is 0.367. The fourth-order valence-electron chi connectivity index (χ4n) is 2.66. The molecule has 1 saturated heterocycles. The predicted octanol–water partition coefficient (Wildman–Crippen LogP) is 2.74. The van der Waals surface area contributed by atoms with Crippen molar-refractivity contribution in [1.29, 1.82) is 0 Å². The molecule has 0 radical (unpaired) electrons. The molecule has 3 nitrogen and oxygen atoms in total. The van der Waals surface area contributed by atoms with Gasteiger partial charge in [-0.05, 0) is 59.9 Å². The summed E-state index contributed by atoms with van der Waals surface area (Å²) < 4.78 is 0.934. The Bertz CT molecular complexity index is 428. The Balaban J connectivity index is 2.10. The van der Waals surface area contributed by atoms with Crippen LogP contribution in [0.15, 0.2) is 22.9 Å². The first-order valence-corrected chi connectivity index (χ1v) is 7.29. The summed E-state index contributed by atoms with van der Waals surface area (Å²) in [5, 5.41) is 3.33. The zero-order valence-corrected chi connectivity index (χ0v) is 12.3. The molecule has 98 valence electrons. The second-order valence-electron chi connectivity index (χ2n) is 5.00. The Kier molecular flexibility index (Phi) is 4.51. The first kappa shape index (κ1) is 13.7. The lowest BCUT2D eigenvalue weighted by molar-refractivity contribution is -0.129. The molecule has 2 rings (SSSR count). The molecule has 0 aliphatic carbocycles. The van der Waals surface area contributed by atoms with Crippen LogP contribution >= 0.6 is 15.9 Å². The molecule has 1 fully saturated rings. The molecule has 1 aliphatic heterocycles. The van der Waals surface area contributed by atoms with Crippen molar-refractivity contribution in [3.63, 3.8) is 0 Å². The maximum atomic E-state index is 12.6. The van der Waals surface area contributed by atoms with Gasteiger partial charge in [0, 0.05) is 28.7 Å². The number of piperidine rings is 1. The normalized spacial score (nSPS) is 18.6. The van der Waals surface area contributed by atoms with Crippen LogP contribution in [0.1, 0.15) is 31.7 Å². The zero-order valence-electron chi connectivity index (χ0n) is 10.7. The summed E-state index contributed by atoms with van der Waals surface area (Å²) in [6, 6.07) is 1.98. The molecule has 0 amide bonds. The summed E-state index contributed by atoms with van der Waals surface area (Å²) in [7, 11) is 0. The lowest BCUT2D eigenvalue weighted by Crippen LogP contribution is -2.42. The zero-order chi connectivity index (χ0) is 13.0. The highest BCUT2D eigenvalue weighted by molar-refractivity contribution is 9.10. The SMILES string of the molecule is CCC1(C(=O)Cc2cncc(Br)c2)CCNCC1. The minimum absolute atomic E-state index is 0.117. The summed E-state index contributed by atoms with van der Waals surface area (Å²) >= 11 is 3.39. The second kappa shape index (κ2) is 5.93. The van der Waals surface area contributed by atoms with Crippen LogP contribution in [-0.4, -0.2) is 23.9 Å². The van der Waals surface area contributed by atoms with E-state index in [4.69, 9.17) is 0 Å². The van der Waals surface area contributed by atoms with Gasteiger partial charge in [0.05, 0.1) is 0 Å². The Labute approximate surface area is 117 Å². The van der Waals surface area contributed by atoms with E-state index in [1.165, 1.54) is 0 Å². The maximum Gasteiger partial charge on any atom is 0.143 e. The van der Waals surface area contributed by atoms with Gasteiger partial charge in [0.2, 0.25) is 0 Å². The summed E-state index contributed by atoms with van der Waals surface area (Å²) in [5.41, 5.74) is 0.883. The van der Waals surface area contributed by atoms with E-state index < -0.39 is 0 Å². The third-order valence-electron chi connectivity index (χ3n) is 3.96. The van der Waals surface area contributed by atoms with Crippen molar-refractivity contribution >= 4 is 21.7 Å². The number of aromatic nitrogens is 1. The van der Waals surface area contributed by atoms with Crippen LogP contribution in [0.2, 0.25) is 0 Å². The fourth-order valence-corrected chi connectivity index (χ4v) is 3.07. The highest BCUT2D eigenvalue weighted by atomic mass is 79.9. The molecular weight excluding hydrogens is 292 g/mol. The van der Waals surface area contributed by atoms with Gasteiger partial charge in [-0.1, -0.05) is 6.92 Å². The number of Topliss-reactive ketones (excluding diaryl/α,β-unsaturated/α-hetero) is 1. The predicted molar refractivity (Wildman–Crippen MR) is 75.5 cm³/mol. The van der Waals surface area contributed by atoms with Crippen LogP contribution in [-0.2, 0) is 11.2 Å². The fraction of sp³-hybridized carbons (Fsp3) is 0.571. The van der Waals surface area contributed by atoms with Crippen molar-refractivity contribution in [3.05, 3.63) is 28.5 Å². The highest BCUT2D eigenvalue weighted by Gasteiger charge is 2.36. The summed E-state index contributed by atoms with van der Waals surface area (Å²) in [4.78, 5) is 16.7. The number of nitrogens with one attached hydrogen (secondary N) is 1. The molecular formula is C14H19BrN2O. The molecule has 4 heteroatoms. The van der Waals surface area contributed by atoms with Gasteiger partial charge >= 0.3 is 0 Å². The lowest BCUT2D eigenvalue weighted by Gasteiger charge is -2.35. The van der Waals surface area contributed by atoms with Crippen LogP contribution < -0.4 is 5.32 Å². The van der Waals surface area contributed by atoms with Crippen LogP contribution in [0.5, 0.6) is 0 Å². The Morgan fingerprint density at radius 1 is 1.44 bits per heavy atom. The average molecular weight is 311 g/mol. The number of halogens is 1. The first-order valence-electron chi connectivity index (χ1n) is 6.50. The van der Waals surface area contributed by atoms with Gasteiger partial charge in [-0.15, -0.1) is 0 Å². The number of pyridine rings is 1. The highest BCUT2D eigenvalue weighted by Crippen LogP contribution is 2.34. The third-order valence-corrected chi connectivity index (χ3v) is 4.39. The number of carbonyl (C=O) groups excluding carboxylic acids is 1. The van der Waals surface area contributed by atoms with Gasteiger partial charge in [0.15, 0.2) is 0 Å². The number of ketones is 1. The number of carbonyl (C=O) groups is 1. The second-order valence-corrected chi connectivity index (χ2v) is 5.91. The quantitative estimate of drug-likeness (QED) is 0.930. The molecule has 0 spiro atoms. The van der Waals surface area contributed by atoms with Gasteiger partial charge in [0.1, 0.15) is 5.78 Å². The average Bonchev–Trinajstić information content (AvgIpc) is 2.39. The number of hydrogen-bond donors (Lipinski definition) is 1. The van der Waals surface area contributed by atoms with Crippen LogP contribution in [0.4, 0.5) is 0 Å². The third kappa shape index (κ3) is 2.98. The van der Waals surface area contributed by atoms with Crippen LogP contribution in [0, 0.1) is 5.41 Å². The molecule has 18 heavy (non-hydrogen) atoms. The molecule has 0 saturated carbocycles. The Hall–Kier alpha value is -0.740. The van der Waals surface area contributed by atoms with Crippen molar-refractivity contribution in [2.45, 2.75) is 32.6 Å². The van der Waals surface area contributed by atoms with Crippen molar-refractivity contribution in [2.24, 2.45) is 5.41 Å². The van der Waals surface area contributed by atoms with E-state index in [9.17, 15) is 4.79 Å². The molecule has 2 heterocycles. The Morgan fingerprint density at radius 3 is 2.78 bits per heavy atom. The van der Waals surface area contributed by atoms with Gasteiger partial charge in [0.25, 0.3) is 0 Å². The number of nitrogens with zero attached hydrogens (tertiary/aromatic N) is 1.